The van der Waals surface area contributed by atoms with Gasteiger partial charge in [-0.1, -0.05) is 60.7 Å². The smallest absolute Gasteiger partial charge is 0.334 e. The van der Waals surface area contributed by atoms with Crippen molar-refractivity contribution >= 4 is 11.9 Å². The third-order valence-electron chi connectivity index (χ3n) is 5.59. The predicted molar refractivity (Wildman–Crippen MR) is 126 cm³/mol. The van der Waals surface area contributed by atoms with E-state index in [0.717, 1.165) is 11.1 Å². The molecule has 6 atom stereocenters. The third kappa shape index (κ3) is 7.84. The van der Waals surface area contributed by atoms with Gasteiger partial charge in [0.15, 0.2) is 12.4 Å². The second kappa shape index (κ2) is 13.3. The number of amides is 1. The first kappa shape index (κ1) is 26.8. The van der Waals surface area contributed by atoms with Crippen LogP contribution in [0.3, 0.4) is 0 Å². The van der Waals surface area contributed by atoms with E-state index < -0.39 is 42.7 Å². The van der Waals surface area contributed by atoms with Gasteiger partial charge in [0.25, 0.3) is 0 Å². The lowest BCUT2D eigenvalue weighted by Crippen LogP contribution is -2.66. The molecule has 0 aromatic heterocycles. The van der Waals surface area contributed by atoms with Crippen LogP contribution in [0.2, 0.25) is 0 Å². The van der Waals surface area contributed by atoms with Crippen LogP contribution in [0.15, 0.2) is 60.7 Å². The van der Waals surface area contributed by atoms with Gasteiger partial charge in [-0.25, -0.2) is 4.79 Å². The van der Waals surface area contributed by atoms with Crippen LogP contribution in [0.25, 0.3) is 0 Å². The molecule has 9 nitrogen and oxygen atoms in total. The van der Waals surface area contributed by atoms with Crippen LogP contribution in [0.5, 0.6) is 0 Å². The molecular formula is C26H33NO8. The van der Waals surface area contributed by atoms with Crippen molar-refractivity contribution in [3.63, 3.8) is 0 Å². The van der Waals surface area contributed by atoms with Crippen molar-refractivity contribution in [1.29, 1.82) is 0 Å². The van der Waals surface area contributed by atoms with Crippen LogP contribution in [0, 0.1) is 0 Å². The van der Waals surface area contributed by atoms with Crippen molar-refractivity contribution < 1.29 is 38.4 Å². The molecular weight excluding hydrogens is 454 g/mol. The summed E-state index contributed by atoms with van der Waals surface area (Å²) < 4.78 is 28.5. The van der Waals surface area contributed by atoms with Crippen molar-refractivity contribution in [3.05, 3.63) is 71.8 Å². The van der Waals surface area contributed by atoms with E-state index >= 15 is 0 Å². The lowest BCUT2D eigenvalue weighted by Gasteiger charge is -2.45. The second-order valence-corrected chi connectivity index (χ2v) is 8.32. The lowest BCUT2D eigenvalue weighted by atomic mass is 9.96. The molecule has 1 unspecified atom stereocenters. The Kier molecular flexibility index (Phi) is 10.2. The average Bonchev–Trinajstić information content (AvgIpc) is 2.87. The molecule has 3 rings (SSSR count). The summed E-state index contributed by atoms with van der Waals surface area (Å²) in [6.45, 7) is 3.42. The monoisotopic (exact) mass is 487 g/mol. The highest BCUT2D eigenvalue weighted by Gasteiger charge is 2.48. The van der Waals surface area contributed by atoms with Crippen LogP contribution in [-0.4, -0.2) is 67.4 Å². The fourth-order valence-corrected chi connectivity index (χ4v) is 3.82. The number of nitrogens with one attached hydrogen (secondary N) is 1. The number of rotatable bonds is 11. The molecule has 1 aliphatic heterocycles. The van der Waals surface area contributed by atoms with Crippen LogP contribution in [0.1, 0.15) is 25.0 Å². The number of carbonyl (C=O) groups excluding carboxylic acids is 2. The van der Waals surface area contributed by atoms with Gasteiger partial charge in [-0.15, -0.1) is 0 Å². The summed E-state index contributed by atoms with van der Waals surface area (Å²) in [6.07, 6.45) is -5.03. The zero-order valence-electron chi connectivity index (χ0n) is 20.2. The van der Waals surface area contributed by atoms with Crippen molar-refractivity contribution in [2.45, 2.75) is 63.8 Å². The van der Waals surface area contributed by atoms with E-state index in [2.05, 4.69) is 5.32 Å². The van der Waals surface area contributed by atoms with Gasteiger partial charge < -0.3 is 34.1 Å². The summed E-state index contributed by atoms with van der Waals surface area (Å²) in [5.74, 6) is -0.971. The van der Waals surface area contributed by atoms with Crippen molar-refractivity contribution in [1.82, 2.24) is 5.32 Å². The number of hydrogen-bond acceptors (Lipinski definition) is 8. The molecule has 0 aliphatic carbocycles. The minimum absolute atomic E-state index is 0.0422. The highest BCUT2D eigenvalue weighted by molar-refractivity contribution is 5.74. The van der Waals surface area contributed by atoms with E-state index in [0.29, 0.717) is 6.61 Å². The van der Waals surface area contributed by atoms with Crippen molar-refractivity contribution in [2.75, 3.05) is 13.7 Å². The Bertz CT molecular complexity index is 925. The molecule has 0 saturated carbocycles. The zero-order chi connectivity index (χ0) is 25.2. The molecule has 190 valence electrons. The molecule has 35 heavy (non-hydrogen) atoms. The van der Waals surface area contributed by atoms with Gasteiger partial charge in [0, 0.05) is 6.92 Å². The molecule has 0 spiro atoms. The Morgan fingerprint density at radius 3 is 2.20 bits per heavy atom. The standard InChI is InChI=1S/C26H33NO8/c1-17(25(30)31-3)34-24-22(27-18(2)28)26(33-15-20-12-8-5-9-13-20)35-21(23(24)29)16-32-14-19-10-6-4-7-11-19/h4-13,17,21-24,26,29H,14-16H2,1-3H3,(H,27,28)/t17-,21?,22-,23-,24-,26+/m1/s1. The number of methoxy groups -OCH3 is 1. The molecule has 2 aromatic rings. The molecule has 1 heterocycles. The number of benzene rings is 2. The Balaban J connectivity index is 1.78. The van der Waals surface area contributed by atoms with Gasteiger partial charge in [0.05, 0.1) is 26.9 Å². The number of esters is 1. The molecule has 1 saturated heterocycles. The van der Waals surface area contributed by atoms with E-state index in [1.54, 1.807) is 0 Å². The van der Waals surface area contributed by atoms with Crippen LogP contribution >= 0.6 is 0 Å². The number of aliphatic hydroxyl groups is 1. The predicted octanol–water partition coefficient (Wildman–Crippen LogP) is 1.96. The highest BCUT2D eigenvalue weighted by Crippen LogP contribution is 2.27. The summed E-state index contributed by atoms with van der Waals surface area (Å²) >= 11 is 0. The first-order valence-electron chi connectivity index (χ1n) is 11.5. The van der Waals surface area contributed by atoms with E-state index in [1.807, 2.05) is 60.7 Å². The van der Waals surface area contributed by atoms with Gasteiger partial charge in [-0.2, -0.15) is 0 Å². The summed E-state index contributed by atoms with van der Waals surface area (Å²) in [7, 11) is 1.25. The summed E-state index contributed by atoms with van der Waals surface area (Å²) in [5.41, 5.74) is 1.87. The van der Waals surface area contributed by atoms with Crippen LogP contribution < -0.4 is 5.32 Å². The van der Waals surface area contributed by atoms with E-state index in [1.165, 1.54) is 21.0 Å². The number of hydrogen-bond donors (Lipinski definition) is 2. The largest absolute Gasteiger partial charge is 0.467 e. The number of ether oxygens (including phenoxy) is 5. The second-order valence-electron chi connectivity index (χ2n) is 8.32. The van der Waals surface area contributed by atoms with Gasteiger partial charge in [0.1, 0.15) is 24.4 Å². The Hall–Kier alpha value is -2.82. The third-order valence-corrected chi connectivity index (χ3v) is 5.59. The van der Waals surface area contributed by atoms with E-state index in [9.17, 15) is 14.7 Å². The molecule has 1 aliphatic rings. The van der Waals surface area contributed by atoms with Crippen LogP contribution in [0.4, 0.5) is 0 Å². The molecule has 2 N–H and O–H groups in total. The van der Waals surface area contributed by atoms with Gasteiger partial charge in [-0.3, -0.25) is 4.79 Å². The normalized spacial score (nSPS) is 25.0. The van der Waals surface area contributed by atoms with Crippen molar-refractivity contribution in [2.24, 2.45) is 0 Å². The topological polar surface area (TPSA) is 113 Å². The molecule has 0 bridgehead atoms. The maximum Gasteiger partial charge on any atom is 0.334 e. The van der Waals surface area contributed by atoms with E-state index in [4.69, 9.17) is 23.7 Å². The van der Waals surface area contributed by atoms with E-state index in [-0.39, 0.29) is 19.1 Å². The Morgan fingerprint density at radius 2 is 1.63 bits per heavy atom. The number of aliphatic hydroxyl groups excluding tert-OH is 1. The fourth-order valence-electron chi connectivity index (χ4n) is 3.82. The highest BCUT2D eigenvalue weighted by atomic mass is 16.7. The Morgan fingerprint density at radius 1 is 1.03 bits per heavy atom. The number of carbonyl (C=O) groups is 2. The first-order valence-corrected chi connectivity index (χ1v) is 11.5. The fraction of sp³-hybridized carbons (Fsp3) is 0.462. The average molecular weight is 488 g/mol. The SMILES string of the molecule is COC(=O)[C@@H](C)O[C@@H]1[C@@H](NC(C)=O)[C@@H](OCc2ccccc2)OC(COCc2ccccc2)[C@H]1O. The first-order chi connectivity index (χ1) is 16.9. The molecule has 1 amide bonds. The van der Waals surface area contributed by atoms with Gasteiger partial charge in [0.2, 0.25) is 5.91 Å². The van der Waals surface area contributed by atoms with Crippen molar-refractivity contribution in [3.8, 4) is 0 Å². The molecule has 9 heteroatoms. The molecule has 1 fully saturated rings. The quantitative estimate of drug-likeness (QED) is 0.463. The maximum atomic E-state index is 12.0. The summed E-state index contributed by atoms with van der Waals surface area (Å²) in [5, 5.41) is 13.9. The zero-order valence-corrected chi connectivity index (χ0v) is 20.2. The molecule has 0 radical (unpaired) electrons. The lowest BCUT2D eigenvalue weighted by molar-refractivity contribution is -0.286. The maximum absolute atomic E-state index is 12.0. The minimum atomic E-state index is -1.22. The minimum Gasteiger partial charge on any atom is -0.467 e. The summed E-state index contributed by atoms with van der Waals surface area (Å²) in [6, 6.07) is 18.2. The molecule has 2 aromatic carbocycles. The summed E-state index contributed by atoms with van der Waals surface area (Å²) in [4.78, 5) is 24.0. The van der Waals surface area contributed by atoms with Gasteiger partial charge in [-0.05, 0) is 18.1 Å². The van der Waals surface area contributed by atoms with Crippen LogP contribution in [-0.2, 0) is 46.5 Å². The van der Waals surface area contributed by atoms with Gasteiger partial charge >= 0.3 is 5.97 Å². The Labute approximate surface area is 205 Å².